The SMILES string of the molecule is Nc1c(F)cc(F)cc1NC(=O)c1cc(NC(=O)[C@H]2[C@H](c3ccc(Cl)c(Cl)c3)C2(Cl)Cl)ccc1Cl. The van der Waals surface area contributed by atoms with Crippen LogP contribution in [0.15, 0.2) is 48.5 Å². The van der Waals surface area contributed by atoms with Crippen LogP contribution in [0.3, 0.4) is 0 Å². The molecule has 5 nitrogen and oxygen atoms in total. The highest BCUT2D eigenvalue weighted by molar-refractivity contribution is 6.53. The van der Waals surface area contributed by atoms with E-state index in [4.69, 9.17) is 63.7 Å². The van der Waals surface area contributed by atoms with Gasteiger partial charge in [0.2, 0.25) is 5.91 Å². The standard InChI is InChI=1S/C23H14Cl5F2N3O2/c24-13-4-2-11(8-12(13)21(34)33-17-7-10(29)6-16(30)20(17)31)32-22(35)19-18(23(19,27)28)9-1-3-14(25)15(26)5-9/h1-8,18-19H,31H2,(H,32,35)(H,33,34)/t18-,19+/m0/s1. The lowest BCUT2D eigenvalue weighted by atomic mass is 10.1. The van der Waals surface area contributed by atoms with Crippen LogP contribution in [0.5, 0.6) is 0 Å². The molecule has 12 heteroatoms. The Bertz CT molecular complexity index is 1370. The number of carbonyl (C=O) groups excluding carboxylic acids is 2. The van der Waals surface area contributed by atoms with Crippen LogP contribution < -0.4 is 16.4 Å². The molecule has 1 fully saturated rings. The number of benzene rings is 3. The Kier molecular flexibility index (Phi) is 7.10. The van der Waals surface area contributed by atoms with E-state index >= 15 is 0 Å². The largest absolute Gasteiger partial charge is 0.395 e. The molecule has 0 bridgehead atoms. The van der Waals surface area contributed by atoms with E-state index in [0.29, 0.717) is 21.7 Å². The summed E-state index contributed by atoms with van der Waals surface area (Å²) in [7, 11) is 0. The third-order valence-corrected chi connectivity index (χ3v) is 7.47. The zero-order valence-electron chi connectivity index (χ0n) is 17.3. The Morgan fingerprint density at radius 1 is 0.886 bits per heavy atom. The molecule has 4 N–H and O–H groups in total. The van der Waals surface area contributed by atoms with Crippen molar-refractivity contribution in [3.05, 3.63) is 86.4 Å². The fraction of sp³-hybridized carbons (Fsp3) is 0.130. The summed E-state index contributed by atoms with van der Waals surface area (Å²) in [6.07, 6.45) is 0. The van der Waals surface area contributed by atoms with Crippen molar-refractivity contribution < 1.29 is 18.4 Å². The maximum atomic E-state index is 13.7. The molecular formula is C23H14Cl5F2N3O2. The molecule has 4 rings (SSSR count). The highest BCUT2D eigenvalue weighted by Crippen LogP contribution is 2.65. The summed E-state index contributed by atoms with van der Waals surface area (Å²) in [4.78, 5) is 25.6. The number of alkyl halides is 2. The summed E-state index contributed by atoms with van der Waals surface area (Å²) in [6.45, 7) is 0. The fourth-order valence-electron chi connectivity index (χ4n) is 3.65. The van der Waals surface area contributed by atoms with E-state index in [-0.39, 0.29) is 22.0 Å². The number of anilines is 3. The molecule has 0 aliphatic heterocycles. The number of hydrogen-bond donors (Lipinski definition) is 3. The minimum atomic E-state index is -1.38. The number of nitrogens with one attached hydrogen (secondary N) is 2. The van der Waals surface area contributed by atoms with Crippen LogP contribution in [-0.2, 0) is 4.79 Å². The van der Waals surface area contributed by atoms with Crippen molar-refractivity contribution in [2.75, 3.05) is 16.4 Å². The summed E-state index contributed by atoms with van der Waals surface area (Å²) < 4.78 is 25.8. The van der Waals surface area contributed by atoms with Crippen molar-refractivity contribution in [2.24, 2.45) is 5.92 Å². The third-order valence-electron chi connectivity index (χ3n) is 5.46. The number of amides is 2. The molecule has 182 valence electrons. The van der Waals surface area contributed by atoms with Gasteiger partial charge in [-0.2, -0.15) is 0 Å². The van der Waals surface area contributed by atoms with E-state index in [1.54, 1.807) is 18.2 Å². The maximum Gasteiger partial charge on any atom is 0.257 e. The first-order chi connectivity index (χ1) is 16.4. The Balaban J connectivity index is 1.52. The molecule has 1 aliphatic carbocycles. The van der Waals surface area contributed by atoms with Crippen LogP contribution in [0.2, 0.25) is 15.1 Å². The van der Waals surface area contributed by atoms with Crippen molar-refractivity contribution in [1.29, 1.82) is 0 Å². The minimum Gasteiger partial charge on any atom is -0.395 e. The Hall–Kier alpha value is -2.29. The van der Waals surface area contributed by atoms with Gasteiger partial charge in [0.05, 0.1) is 37.9 Å². The van der Waals surface area contributed by atoms with Crippen molar-refractivity contribution >= 4 is 86.9 Å². The van der Waals surface area contributed by atoms with Gasteiger partial charge in [-0.1, -0.05) is 40.9 Å². The number of nitrogen functional groups attached to an aromatic ring is 1. The predicted molar refractivity (Wildman–Crippen MR) is 136 cm³/mol. The van der Waals surface area contributed by atoms with Gasteiger partial charge in [-0.3, -0.25) is 9.59 Å². The lowest BCUT2D eigenvalue weighted by Gasteiger charge is -2.12. The van der Waals surface area contributed by atoms with Gasteiger partial charge in [0, 0.05) is 17.7 Å². The van der Waals surface area contributed by atoms with Gasteiger partial charge in [0.1, 0.15) is 10.2 Å². The number of nitrogens with two attached hydrogens (primary N) is 1. The lowest BCUT2D eigenvalue weighted by Crippen LogP contribution is -2.18. The van der Waals surface area contributed by atoms with Crippen LogP contribution in [0.1, 0.15) is 21.8 Å². The van der Waals surface area contributed by atoms with Crippen LogP contribution in [-0.4, -0.2) is 16.1 Å². The van der Waals surface area contributed by atoms with Crippen molar-refractivity contribution in [3.63, 3.8) is 0 Å². The van der Waals surface area contributed by atoms with Gasteiger partial charge in [-0.05, 0) is 42.0 Å². The second kappa shape index (κ2) is 9.64. The molecule has 1 saturated carbocycles. The first-order valence-corrected chi connectivity index (χ1v) is 11.8. The normalized spacial score (nSPS) is 18.1. The quantitative estimate of drug-likeness (QED) is 0.219. The molecule has 3 aromatic rings. The molecular weight excluding hydrogens is 566 g/mol. The van der Waals surface area contributed by atoms with Crippen LogP contribution in [0, 0.1) is 17.6 Å². The molecule has 0 unspecified atom stereocenters. The molecule has 0 aromatic heterocycles. The smallest absolute Gasteiger partial charge is 0.257 e. The molecule has 3 aromatic carbocycles. The summed E-state index contributed by atoms with van der Waals surface area (Å²) in [6, 6.07) is 10.4. The van der Waals surface area contributed by atoms with E-state index in [9.17, 15) is 18.4 Å². The summed E-state index contributed by atoms with van der Waals surface area (Å²) in [5, 5.41) is 5.63. The number of carbonyl (C=O) groups is 2. The second-order valence-electron chi connectivity index (χ2n) is 7.79. The maximum absolute atomic E-state index is 13.7. The van der Waals surface area contributed by atoms with Crippen molar-refractivity contribution in [3.8, 4) is 0 Å². The molecule has 0 radical (unpaired) electrons. The average Bonchev–Trinajstić information content (AvgIpc) is 3.36. The van der Waals surface area contributed by atoms with Crippen molar-refractivity contribution in [1.82, 2.24) is 0 Å². The summed E-state index contributed by atoms with van der Waals surface area (Å²) in [5.41, 5.74) is 5.64. The molecule has 2 amide bonds. The lowest BCUT2D eigenvalue weighted by molar-refractivity contribution is -0.117. The zero-order valence-corrected chi connectivity index (χ0v) is 21.1. The monoisotopic (exact) mass is 577 g/mol. The highest BCUT2D eigenvalue weighted by Gasteiger charge is 2.67. The first-order valence-electron chi connectivity index (χ1n) is 9.89. The van der Waals surface area contributed by atoms with Crippen molar-refractivity contribution in [2.45, 2.75) is 10.3 Å². The van der Waals surface area contributed by atoms with Gasteiger partial charge in [-0.15, -0.1) is 23.2 Å². The summed E-state index contributed by atoms with van der Waals surface area (Å²) >= 11 is 30.9. The van der Waals surface area contributed by atoms with Gasteiger partial charge >= 0.3 is 0 Å². The molecule has 2 atom stereocenters. The molecule has 0 saturated heterocycles. The van der Waals surface area contributed by atoms with Gasteiger partial charge in [-0.25, -0.2) is 8.78 Å². The molecule has 35 heavy (non-hydrogen) atoms. The number of hydrogen-bond acceptors (Lipinski definition) is 3. The van der Waals surface area contributed by atoms with Crippen LogP contribution in [0.4, 0.5) is 25.8 Å². The van der Waals surface area contributed by atoms with E-state index in [1.165, 1.54) is 18.2 Å². The Morgan fingerprint density at radius 2 is 1.57 bits per heavy atom. The zero-order chi connectivity index (χ0) is 25.7. The third kappa shape index (κ3) is 5.15. The number of halogens is 7. The highest BCUT2D eigenvalue weighted by atomic mass is 35.5. The van der Waals surface area contributed by atoms with E-state index in [1.807, 2.05) is 0 Å². The van der Waals surface area contributed by atoms with Gasteiger partial charge < -0.3 is 16.4 Å². The minimum absolute atomic E-state index is 0.0279. The molecule has 0 spiro atoms. The van der Waals surface area contributed by atoms with Crippen LogP contribution in [0.25, 0.3) is 0 Å². The topological polar surface area (TPSA) is 84.2 Å². The fourth-order valence-corrected chi connectivity index (χ4v) is 4.99. The van der Waals surface area contributed by atoms with E-state index in [2.05, 4.69) is 10.6 Å². The first kappa shape index (κ1) is 25.8. The number of rotatable bonds is 5. The average molecular weight is 580 g/mol. The van der Waals surface area contributed by atoms with E-state index in [0.717, 1.165) is 6.07 Å². The summed E-state index contributed by atoms with van der Waals surface area (Å²) in [5.74, 6) is -4.61. The predicted octanol–water partition coefficient (Wildman–Crippen LogP) is 7.29. The Labute approximate surface area is 223 Å². The van der Waals surface area contributed by atoms with Gasteiger partial charge in [0.15, 0.2) is 5.82 Å². The van der Waals surface area contributed by atoms with Crippen LogP contribution >= 0.6 is 58.0 Å². The van der Waals surface area contributed by atoms with Gasteiger partial charge in [0.25, 0.3) is 5.91 Å². The molecule has 1 aliphatic rings. The molecule has 0 heterocycles. The van der Waals surface area contributed by atoms with E-state index < -0.39 is 45.3 Å². The second-order valence-corrected chi connectivity index (χ2v) is 10.5. The Morgan fingerprint density at radius 3 is 2.26 bits per heavy atom.